The summed E-state index contributed by atoms with van der Waals surface area (Å²) < 4.78 is 5.19. The molecule has 0 radical (unpaired) electrons. The number of hydrogen-bond acceptors (Lipinski definition) is 4. The van der Waals surface area contributed by atoms with Gasteiger partial charge in [-0.3, -0.25) is 0 Å². The summed E-state index contributed by atoms with van der Waals surface area (Å²) in [5.41, 5.74) is -1.61. The molecule has 14 heavy (non-hydrogen) atoms. The SMILES string of the molecule is CC(O)(CSC1CCOCC1)C(=O)O. The molecule has 1 rings (SSSR count). The van der Waals surface area contributed by atoms with E-state index < -0.39 is 11.6 Å². The van der Waals surface area contributed by atoms with Crippen LogP contribution in [0.15, 0.2) is 0 Å². The number of thioether (sulfide) groups is 1. The Morgan fingerprint density at radius 1 is 1.57 bits per heavy atom. The van der Waals surface area contributed by atoms with Gasteiger partial charge in [0.1, 0.15) is 0 Å². The molecule has 2 N–H and O–H groups in total. The van der Waals surface area contributed by atoms with Gasteiger partial charge in [0.25, 0.3) is 0 Å². The Hall–Kier alpha value is -0.260. The van der Waals surface area contributed by atoms with Gasteiger partial charge >= 0.3 is 5.97 Å². The standard InChI is InChI=1S/C9H16O4S/c1-9(12,8(10)11)6-14-7-2-4-13-5-3-7/h7,12H,2-6H2,1H3,(H,10,11). The molecule has 0 aromatic heterocycles. The highest BCUT2D eigenvalue weighted by Crippen LogP contribution is 2.25. The van der Waals surface area contributed by atoms with Crippen molar-refractivity contribution in [3.05, 3.63) is 0 Å². The molecule has 0 aromatic carbocycles. The van der Waals surface area contributed by atoms with Gasteiger partial charge < -0.3 is 14.9 Å². The highest BCUT2D eigenvalue weighted by Gasteiger charge is 2.31. The second-order valence-corrected chi connectivity index (χ2v) is 4.99. The number of carbonyl (C=O) groups is 1. The molecule has 0 spiro atoms. The normalized spacial score (nSPS) is 23.0. The maximum atomic E-state index is 10.6. The van der Waals surface area contributed by atoms with Crippen LogP contribution < -0.4 is 0 Å². The molecular formula is C9H16O4S. The largest absolute Gasteiger partial charge is 0.479 e. The van der Waals surface area contributed by atoms with Gasteiger partial charge in [-0.15, -0.1) is 0 Å². The van der Waals surface area contributed by atoms with Crippen LogP contribution in [0.2, 0.25) is 0 Å². The van der Waals surface area contributed by atoms with E-state index in [2.05, 4.69) is 0 Å². The molecule has 4 nitrogen and oxygen atoms in total. The summed E-state index contributed by atoms with van der Waals surface area (Å²) in [4.78, 5) is 10.6. The Kier molecular flexibility index (Phi) is 4.22. The first-order chi connectivity index (χ1) is 6.52. The van der Waals surface area contributed by atoms with Crippen molar-refractivity contribution in [2.45, 2.75) is 30.6 Å². The molecule has 0 saturated carbocycles. The van der Waals surface area contributed by atoms with Gasteiger partial charge in [-0.2, -0.15) is 11.8 Å². The van der Waals surface area contributed by atoms with Crippen molar-refractivity contribution in [2.75, 3.05) is 19.0 Å². The summed E-state index contributed by atoms with van der Waals surface area (Å²) in [5.74, 6) is -0.912. The molecule has 1 saturated heterocycles. The van der Waals surface area contributed by atoms with Crippen LogP contribution in [-0.4, -0.2) is 46.0 Å². The fraction of sp³-hybridized carbons (Fsp3) is 0.889. The summed E-state index contributed by atoms with van der Waals surface area (Å²) in [7, 11) is 0. The van der Waals surface area contributed by atoms with E-state index >= 15 is 0 Å². The molecule has 1 aliphatic heterocycles. The first-order valence-electron chi connectivity index (χ1n) is 4.67. The van der Waals surface area contributed by atoms with E-state index in [1.807, 2.05) is 0 Å². The minimum atomic E-state index is -1.61. The van der Waals surface area contributed by atoms with Gasteiger partial charge in [0.2, 0.25) is 0 Å². The van der Waals surface area contributed by atoms with Crippen molar-refractivity contribution in [3.63, 3.8) is 0 Å². The molecular weight excluding hydrogens is 204 g/mol. The van der Waals surface area contributed by atoms with Crippen LogP contribution in [0.3, 0.4) is 0 Å². The molecule has 0 bridgehead atoms. The fourth-order valence-corrected chi connectivity index (χ4v) is 2.39. The highest BCUT2D eigenvalue weighted by atomic mass is 32.2. The van der Waals surface area contributed by atoms with E-state index in [1.54, 1.807) is 0 Å². The van der Waals surface area contributed by atoms with E-state index in [9.17, 15) is 9.90 Å². The van der Waals surface area contributed by atoms with Crippen molar-refractivity contribution in [1.29, 1.82) is 0 Å². The second kappa shape index (κ2) is 5.00. The number of rotatable bonds is 4. The Balaban J connectivity index is 2.28. The lowest BCUT2D eigenvalue weighted by molar-refractivity contribution is -0.154. The van der Waals surface area contributed by atoms with Crippen LogP contribution in [0, 0.1) is 0 Å². The molecule has 1 fully saturated rings. The number of hydrogen-bond donors (Lipinski definition) is 2. The van der Waals surface area contributed by atoms with E-state index in [-0.39, 0.29) is 5.75 Å². The minimum Gasteiger partial charge on any atom is -0.479 e. The third-order valence-electron chi connectivity index (χ3n) is 2.23. The number of ether oxygens (including phenoxy) is 1. The topological polar surface area (TPSA) is 66.8 Å². The molecule has 1 heterocycles. The Morgan fingerprint density at radius 3 is 2.64 bits per heavy atom. The predicted molar refractivity (Wildman–Crippen MR) is 54.6 cm³/mol. The van der Waals surface area contributed by atoms with E-state index in [1.165, 1.54) is 18.7 Å². The van der Waals surface area contributed by atoms with Crippen molar-refractivity contribution >= 4 is 17.7 Å². The van der Waals surface area contributed by atoms with Gasteiger partial charge in [0.15, 0.2) is 5.60 Å². The zero-order chi connectivity index (χ0) is 10.6. The smallest absolute Gasteiger partial charge is 0.336 e. The molecule has 1 aliphatic rings. The van der Waals surface area contributed by atoms with Crippen LogP contribution in [0.1, 0.15) is 19.8 Å². The maximum absolute atomic E-state index is 10.6. The van der Waals surface area contributed by atoms with Gasteiger partial charge in [-0.25, -0.2) is 4.79 Å². The van der Waals surface area contributed by atoms with E-state index in [0.717, 1.165) is 26.1 Å². The van der Waals surface area contributed by atoms with Gasteiger partial charge in [-0.05, 0) is 19.8 Å². The van der Waals surface area contributed by atoms with E-state index in [0.29, 0.717) is 5.25 Å². The molecule has 82 valence electrons. The van der Waals surface area contributed by atoms with Crippen molar-refractivity contribution < 1.29 is 19.7 Å². The van der Waals surface area contributed by atoms with Gasteiger partial charge in [-0.1, -0.05) is 0 Å². The quantitative estimate of drug-likeness (QED) is 0.731. The fourth-order valence-electron chi connectivity index (χ4n) is 1.18. The van der Waals surface area contributed by atoms with Crippen LogP contribution in [-0.2, 0) is 9.53 Å². The summed E-state index contributed by atoms with van der Waals surface area (Å²) in [6.07, 6.45) is 1.89. The van der Waals surface area contributed by atoms with Crippen LogP contribution >= 0.6 is 11.8 Å². The van der Waals surface area contributed by atoms with E-state index in [4.69, 9.17) is 9.84 Å². The predicted octanol–water partition coefficient (Wildman–Crippen LogP) is 0.734. The zero-order valence-corrected chi connectivity index (χ0v) is 9.05. The lowest BCUT2D eigenvalue weighted by Gasteiger charge is -2.24. The Morgan fingerprint density at radius 2 is 2.14 bits per heavy atom. The summed E-state index contributed by atoms with van der Waals surface area (Å²) >= 11 is 1.52. The molecule has 1 unspecified atom stereocenters. The van der Waals surface area contributed by atoms with Crippen LogP contribution in [0.25, 0.3) is 0 Å². The maximum Gasteiger partial charge on any atom is 0.336 e. The molecule has 1 atom stereocenters. The molecule has 5 heteroatoms. The van der Waals surface area contributed by atoms with Crippen molar-refractivity contribution in [1.82, 2.24) is 0 Å². The van der Waals surface area contributed by atoms with Crippen LogP contribution in [0.5, 0.6) is 0 Å². The third kappa shape index (κ3) is 3.48. The first-order valence-corrected chi connectivity index (χ1v) is 5.72. The molecule has 0 aromatic rings. The average Bonchev–Trinajstić information content (AvgIpc) is 2.16. The average molecular weight is 220 g/mol. The number of carboxylic acids is 1. The summed E-state index contributed by atoms with van der Waals surface area (Å²) in [6, 6.07) is 0. The van der Waals surface area contributed by atoms with Crippen LogP contribution in [0.4, 0.5) is 0 Å². The number of aliphatic carboxylic acids is 1. The Bertz CT molecular complexity index is 199. The van der Waals surface area contributed by atoms with Crippen molar-refractivity contribution in [2.24, 2.45) is 0 Å². The summed E-state index contributed by atoms with van der Waals surface area (Å²) in [5, 5.41) is 18.6. The zero-order valence-electron chi connectivity index (χ0n) is 8.23. The minimum absolute atomic E-state index is 0.243. The number of aliphatic hydroxyl groups is 1. The monoisotopic (exact) mass is 220 g/mol. The molecule has 0 aliphatic carbocycles. The highest BCUT2D eigenvalue weighted by molar-refractivity contribution is 8.00. The van der Waals surface area contributed by atoms with Gasteiger partial charge in [0, 0.05) is 24.2 Å². The van der Waals surface area contributed by atoms with Gasteiger partial charge in [0.05, 0.1) is 0 Å². The summed E-state index contributed by atoms with van der Waals surface area (Å²) in [6.45, 7) is 2.82. The number of carboxylic acid groups (broad SMARTS) is 1. The Labute approximate surface area is 87.6 Å². The van der Waals surface area contributed by atoms with Crippen molar-refractivity contribution in [3.8, 4) is 0 Å². The second-order valence-electron chi connectivity index (χ2n) is 3.70. The molecule has 0 amide bonds. The lowest BCUT2D eigenvalue weighted by Crippen LogP contribution is -2.38. The first kappa shape index (κ1) is 11.8. The third-order valence-corrected chi connectivity index (χ3v) is 3.90. The lowest BCUT2D eigenvalue weighted by atomic mass is 10.1.